The van der Waals surface area contributed by atoms with Gasteiger partial charge in [-0.2, -0.15) is 0 Å². The van der Waals surface area contributed by atoms with Gasteiger partial charge in [0, 0.05) is 25.7 Å². The van der Waals surface area contributed by atoms with Crippen LogP contribution in [0, 0.1) is 5.92 Å². The number of hydrogen-bond acceptors (Lipinski definition) is 6. The van der Waals surface area contributed by atoms with Gasteiger partial charge in [-0.3, -0.25) is 5.01 Å². The number of hydrogen-bond donors (Lipinski definition) is 1. The summed E-state index contributed by atoms with van der Waals surface area (Å²) in [5.41, 5.74) is 6.51. The van der Waals surface area contributed by atoms with Crippen molar-refractivity contribution in [2.24, 2.45) is 16.6 Å². The van der Waals surface area contributed by atoms with Crippen LogP contribution in [0.25, 0.3) is 0 Å². The van der Waals surface area contributed by atoms with E-state index in [1.54, 1.807) is 0 Å². The minimum atomic E-state index is -0.515. The highest BCUT2D eigenvalue weighted by atomic mass is 16.5. The Morgan fingerprint density at radius 1 is 1.61 bits per heavy atom. The van der Waals surface area contributed by atoms with Crippen molar-refractivity contribution >= 4 is 11.8 Å². The highest BCUT2D eigenvalue weighted by Crippen LogP contribution is 2.29. The Labute approximate surface area is 107 Å². The van der Waals surface area contributed by atoms with Crippen LogP contribution in [0.15, 0.2) is 16.8 Å². The number of methoxy groups -OCH3 is 1. The van der Waals surface area contributed by atoms with Crippen LogP contribution in [0.1, 0.15) is 20.3 Å². The third-order valence-corrected chi connectivity index (χ3v) is 3.60. The average Bonchev–Trinajstić information content (AvgIpc) is 2.67. The maximum Gasteiger partial charge on any atom is 0.338 e. The molecule has 0 amide bonds. The third kappa shape index (κ3) is 1.91. The first-order chi connectivity index (χ1) is 8.47. The van der Waals surface area contributed by atoms with E-state index in [0.29, 0.717) is 17.5 Å². The number of nitrogens with zero attached hydrogens (tertiary/aromatic N) is 3. The van der Waals surface area contributed by atoms with Crippen molar-refractivity contribution in [1.82, 2.24) is 10.0 Å². The number of nitrogens with two attached hydrogens (primary N) is 1. The molecule has 100 valence electrons. The predicted molar refractivity (Wildman–Crippen MR) is 68.4 cm³/mol. The summed E-state index contributed by atoms with van der Waals surface area (Å²) in [5.74, 6) is 0.986. The number of fused-ring (bicyclic) bond motifs is 1. The second-order valence-corrected chi connectivity index (χ2v) is 5.00. The van der Waals surface area contributed by atoms with Crippen LogP contribution in [0.2, 0.25) is 0 Å². The quantitative estimate of drug-likeness (QED) is 0.717. The average molecular weight is 252 g/mol. The summed E-state index contributed by atoms with van der Waals surface area (Å²) >= 11 is 0. The molecule has 0 saturated carbocycles. The van der Waals surface area contributed by atoms with E-state index in [0.717, 1.165) is 12.3 Å². The van der Waals surface area contributed by atoms with E-state index in [1.807, 2.05) is 12.1 Å². The van der Waals surface area contributed by atoms with Crippen molar-refractivity contribution < 1.29 is 9.53 Å². The van der Waals surface area contributed by atoms with Crippen LogP contribution in [0.4, 0.5) is 0 Å². The molecule has 0 spiro atoms. The van der Waals surface area contributed by atoms with Gasteiger partial charge in [0.25, 0.3) is 0 Å². The number of esters is 1. The molecule has 2 atom stereocenters. The van der Waals surface area contributed by atoms with Crippen LogP contribution in [0.5, 0.6) is 0 Å². The van der Waals surface area contributed by atoms with Crippen molar-refractivity contribution in [3.8, 4) is 0 Å². The molecule has 0 bridgehead atoms. The number of hydrazine groups is 1. The van der Waals surface area contributed by atoms with Crippen molar-refractivity contribution in [3.05, 3.63) is 11.8 Å². The number of ether oxygens (including phenoxy) is 1. The first-order valence-corrected chi connectivity index (χ1v) is 6.10. The van der Waals surface area contributed by atoms with Gasteiger partial charge in [0.15, 0.2) is 0 Å². The van der Waals surface area contributed by atoms with Crippen LogP contribution in [-0.2, 0) is 9.53 Å². The normalized spacial score (nSPS) is 28.0. The fourth-order valence-electron chi connectivity index (χ4n) is 2.53. The molecular weight excluding hydrogens is 232 g/mol. The molecule has 2 rings (SSSR count). The maximum absolute atomic E-state index is 11.6. The molecule has 2 N–H and O–H groups in total. The second-order valence-electron chi connectivity index (χ2n) is 5.00. The lowest BCUT2D eigenvalue weighted by Crippen LogP contribution is -2.54. The van der Waals surface area contributed by atoms with Gasteiger partial charge in [0.2, 0.25) is 0 Å². The molecule has 2 heterocycles. The number of carbonyl (C=O) groups excluding carboxylic acids is 1. The summed E-state index contributed by atoms with van der Waals surface area (Å²) in [6.07, 6.45) is 1.87. The third-order valence-electron chi connectivity index (χ3n) is 3.60. The topological polar surface area (TPSA) is 71.2 Å². The zero-order valence-corrected chi connectivity index (χ0v) is 11.3. The van der Waals surface area contributed by atoms with Gasteiger partial charge in [-0.25, -0.2) is 14.8 Å². The van der Waals surface area contributed by atoms with Crippen LogP contribution in [-0.4, -0.2) is 48.2 Å². The number of amidine groups is 1. The van der Waals surface area contributed by atoms with Crippen LogP contribution in [0.3, 0.4) is 0 Å². The molecule has 18 heavy (non-hydrogen) atoms. The molecule has 0 aromatic carbocycles. The molecule has 1 fully saturated rings. The van der Waals surface area contributed by atoms with Gasteiger partial charge in [-0.15, -0.1) is 0 Å². The minimum Gasteiger partial charge on any atom is -0.466 e. The number of rotatable bonds is 2. The zero-order chi connectivity index (χ0) is 13.4. The smallest absolute Gasteiger partial charge is 0.338 e. The Hall–Kier alpha value is -1.40. The number of aliphatic imine (C=N–C) groups is 1. The Balaban J connectivity index is 2.26. The van der Waals surface area contributed by atoms with Crippen molar-refractivity contribution in [2.45, 2.75) is 32.5 Å². The van der Waals surface area contributed by atoms with Gasteiger partial charge >= 0.3 is 5.97 Å². The molecule has 6 nitrogen and oxygen atoms in total. The molecule has 0 aromatic heterocycles. The largest absolute Gasteiger partial charge is 0.466 e. The van der Waals surface area contributed by atoms with E-state index >= 15 is 0 Å². The Morgan fingerprint density at radius 2 is 2.28 bits per heavy atom. The summed E-state index contributed by atoms with van der Waals surface area (Å²) < 4.78 is 4.72. The molecule has 6 heteroatoms. The van der Waals surface area contributed by atoms with Crippen molar-refractivity contribution in [3.63, 3.8) is 0 Å². The molecule has 0 radical (unpaired) electrons. The van der Waals surface area contributed by atoms with E-state index in [2.05, 4.69) is 23.8 Å². The molecule has 2 unspecified atom stereocenters. The van der Waals surface area contributed by atoms with E-state index < -0.39 is 12.1 Å². The highest BCUT2D eigenvalue weighted by Gasteiger charge is 2.41. The molecule has 2 aliphatic heterocycles. The van der Waals surface area contributed by atoms with E-state index in [-0.39, 0.29) is 0 Å². The number of carbonyl (C=O) groups is 1. The minimum absolute atomic E-state index is 0.361. The van der Waals surface area contributed by atoms with Gasteiger partial charge in [-0.1, -0.05) is 13.8 Å². The highest BCUT2D eigenvalue weighted by molar-refractivity contribution is 5.94. The summed E-state index contributed by atoms with van der Waals surface area (Å²) in [6, 6.07) is 0.361. The molecule has 0 aliphatic carbocycles. The Bertz CT molecular complexity index is 416. The summed E-state index contributed by atoms with van der Waals surface area (Å²) in [6.45, 7) is 4.33. The summed E-state index contributed by atoms with van der Waals surface area (Å²) in [5, 5.41) is 3.96. The lowest BCUT2D eigenvalue weighted by atomic mass is 10.0. The van der Waals surface area contributed by atoms with E-state index in [9.17, 15) is 4.79 Å². The van der Waals surface area contributed by atoms with Crippen LogP contribution < -0.4 is 5.73 Å². The molecular formula is C12H20N4O2. The maximum atomic E-state index is 11.6. The summed E-state index contributed by atoms with van der Waals surface area (Å²) in [4.78, 5) is 15.9. The van der Waals surface area contributed by atoms with Crippen LogP contribution >= 0.6 is 0 Å². The standard InChI is InChI=1S/C12H20N4O2/c1-7(2)9-5-10-14-6-8(12(17)18-4)11(13)16(10)15(9)3/h6-7,9,11H,5,13H2,1-4H3. The first-order valence-electron chi connectivity index (χ1n) is 6.10. The lowest BCUT2D eigenvalue weighted by molar-refractivity contribution is -0.137. The Morgan fingerprint density at radius 3 is 2.83 bits per heavy atom. The first kappa shape index (κ1) is 13.0. The molecule has 2 aliphatic rings. The molecule has 1 saturated heterocycles. The van der Waals surface area contributed by atoms with Gasteiger partial charge in [0.1, 0.15) is 12.0 Å². The summed E-state index contributed by atoms with van der Waals surface area (Å²) in [7, 11) is 3.33. The SMILES string of the molecule is COC(=O)C1=CN=C2CC(C(C)C)N(C)N2C1N. The van der Waals surface area contributed by atoms with Gasteiger partial charge < -0.3 is 10.5 Å². The second kappa shape index (κ2) is 4.70. The monoisotopic (exact) mass is 252 g/mol. The Kier molecular flexibility index (Phi) is 3.41. The molecule has 0 aromatic rings. The fourth-order valence-corrected chi connectivity index (χ4v) is 2.53. The fraction of sp³-hybridized carbons (Fsp3) is 0.667. The lowest BCUT2D eigenvalue weighted by Gasteiger charge is -2.36. The zero-order valence-electron chi connectivity index (χ0n) is 11.3. The van der Waals surface area contributed by atoms with E-state index in [4.69, 9.17) is 10.5 Å². The van der Waals surface area contributed by atoms with Crippen molar-refractivity contribution in [1.29, 1.82) is 0 Å². The van der Waals surface area contributed by atoms with Gasteiger partial charge in [-0.05, 0) is 5.92 Å². The van der Waals surface area contributed by atoms with Crippen molar-refractivity contribution in [2.75, 3.05) is 14.2 Å². The van der Waals surface area contributed by atoms with E-state index in [1.165, 1.54) is 13.3 Å². The van der Waals surface area contributed by atoms with Gasteiger partial charge in [0.05, 0.1) is 12.7 Å². The predicted octanol–water partition coefficient (Wildman–Crippen LogP) is 0.317.